The van der Waals surface area contributed by atoms with Crippen LogP contribution >= 0.6 is 0 Å². The van der Waals surface area contributed by atoms with Crippen LogP contribution in [0.3, 0.4) is 0 Å². The number of hydrogen-bond donors (Lipinski definition) is 1. The summed E-state index contributed by atoms with van der Waals surface area (Å²) in [5.41, 5.74) is 2.22. The summed E-state index contributed by atoms with van der Waals surface area (Å²) in [6.45, 7) is 3.78. The highest BCUT2D eigenvalue weighted by Gasteiger charge is 2.19. The molecule has 0 amide bonds. The van der Waals surface area contributed by atoms with E-state index < -0.39 is 0 Å². The molecule has 0 saturated carbocycles. The summed E-state index contributed by atoms with van der Waals surface area (Å²) < 4.78 is 7.33. The van der Waals surface area contributed by atoms with E-state index in [-0.39, 0.29) is 0 Å². The molecule has 0 spiro atoms. The van der Waals surface area contributed by atoms with Crippen molar-refractivity contribution in [3.63, 3.8) is 0 Å². The zero-order valence-electron chi connectivity index (χ0n) is 8.13. The maximum absolute atomic E-state index is 5.52. The van der Waals surface area contributed by atoms with Crippen molar-refractivity contribution in [2.75, 3.05) is 18.5 Å². The summed E-state index contributed by atoms with van der Waals surface area (Å²) in [6, 6.07) is 0. The van der Waals surface area contributed by atoms with Gasteiger partial charge in [-0.1, -0.05) is 13.3 Å². The van der Waals surface area contributed by atoms with Gasteiger partial charge in [0.1, 0.15) is 12.3 Å². The lowest BCUT2D eigenvalue weighted by molar-refractivity contribution is 0.295. The molecule has 4 heteroatoms. The lowest BCUT2D eigenvalue weighted by Gasteiger charge is -2.16. The molecule has 72 valence electrons. The molecule has 0 radical (unpaired) electrons. The quantitative estimate of drug-likeness (QED) is 0.744. The third-order valence-electron chi connectivity index (χ3n) is 2.20. The fraction of sp³-hybridized carbons (Fsp3) is 0.667. The minimum absolute atomic E-state index is 0.734. The molecular weight excluding hydrogens is 166 g/mol. The zero-order valence-corrected chi connectivity index (χ0v) is 8.13. The molecule has 0 aromatic carbocycles. The maximum atomic E-state index is 5.52. The number of aromatic nitrogens is 2. The second-order valence-electron chi connectivity index (χ2n) is 3.28. The van der Waals surface area contributed by atoms with Gasteiger partial charge in [0.15, 0.2) is 0 Å². The fourth-order valence-electron chi connectivity index (χ4n) is 1.64. The Labute approximate surface area is 77.9 Å². The van der Waals surface area contributed by atoms with Crippen molar-refractivity contribution in [2.45, 2.75) is 19.8 Å². The number of aryl methyl sites for hydroxylation is 2. The molecule has 1 aromatic rings. The highest BCUT2D eigenvalue weighted by Crippen LogP contribution is 2.30. The third kappa shape index (κ3) is 1.36. The Hall–Kier alpha value is -1.19. The van der Waals surface area contributed by atoms with Gasteiger partial charge in [-0.05, 0) is 6.42 Å². The molecule has 0 saturated heterocycles. The van der Waals surface area contributed by atoms with Crippen LogP contribution in [0.5, 0.6) is 5.88 Å². The van der Waals surface area contributed by atoms with Crippen LogP contribution in [0.4, 0.5) is 5.69 Å². The van der Waals surface area contributed by atoms with Crippen molar-refractivity contribution in [1.82, 2.24) is 9.78 Å². The Morgan fingerprint density at radius 3 is 3.23 bits per heavy atom. The monoisotopic (exact) mass is 181 g/mol. The summed E-state index contributed by atoms with van der Waals surface area (Å²) in [5.74, 6) is 0.884. The lowest BCUT2D eigenvalue weighted by atomic mass is 10.2. The van der Waals surface area contributed by atoms with Crippen LogP contribution in [0.15, 0.2) is 0 Å². The van der Waals surface area contributed by atoms with Crippen LogP contribution in [0.2, 0.25) is 0 Å². The fourth-order valence-corrected chi connectivity index (χ4v) is 1.64. The van der Waals surface area contributed by atoms with Gasteiger partial charge < -0.3 is 10.1 Å². The average Bonchev–Trinajstić information content (AvgIpc) is 2.46. The summed E-state index contributed by atoms with van der Waals surface area (Å²) >= 11 is 0. The number of rotatable bonds is 2. The lowest BCUT2D eigenvalue weighted by Crippen LogP contribution is -2.19. The van der Waals surface area contributed by atoms with Crippen LogP contribution in [0.25, 0.3) is 0 Å². The van der Waals surface area contributed by atoms with Gasteiger partial charge >= 0.3 is 0 Å². The van der Waals surface area contributed by atoms with Crippen molar-refractivity contribution < 1.29 is 4.74 Å². The molecule has 0 aliphatic carbocycles. The molecule has 13 heavy (non-hydrogen) atoms. The van der Waals surface area contributed by atoms with Crippen molar-refractivity contribution in [1.29, 1.82) is 0 Å². The number of nitrogens with one attached hydrogen (secondary N) is 1. The van der Waals surface area contributed by atoms with Crippen LogP contribution in [0.1, 0.15) is 19.0 Å². The summed E-state index contributed by atoms with van der Waals surface area (Å²) in [4.78, 5) is 0. The Bertz CT molecular complexity index is 306. The number of fused-ring (bicyclic) bond motifs is 1. The van der Waals surface area contributed by atoms with E-state index in [4.69, 9.17) is 4.74 Å². The molecule has 0 fully saturated rings. The molecule has 0 unspecified atom stereocenters. The normalized spacial score (nSPS) is 14.6. The van der Waals surface area contributed by atoms with Gasteiger partial charge in [-0.15, -0.1) is 0 Å². The molecule has 0 bridgehead atoms. The maximum Gasteiger partial charge on any atom is 0.236 e. The van der Waals surface area contributed by atoms with Crippen molar-refractivity contribution >= 4 is 5.69 Å². The van der Waals surface area contributed by atoms with Gasteiger partial charge in [0.25, 0.3) is 0 Å². The first kappa shape index (κ1) is 8.41. The Morgan fingerprint density at radius 2 is 2.46 bits per heavy atom. The standard InChI is InChI=1S/C9H15N3O/c1-3-4-7-8-9(12(2)11-7)13-6-5-10-8/h10H,3-6H2,1-2H3. The largest absolute Gasteiger partial charge is 0.474 e. The molecule has 1 aliphatic rings. The molecule has 1 aromatic heterocycles. The number of ether oxygens (including phenoxy) is 1. The van der Waals surface area contributed by atoms with Gasteiger partial charge in [0, 0.05) is 13.6 Å². The van der Waals surface area contributed by atoms with E-state index in [0.717, 1.165) is 43.3 Å². The molecule has 2 rings (SSSR count). The van der Waals surface area contributed by atoms with Crippen LogP contribution in [0, 0.1) is 0 Å². The summed E-state index contributed by atoms with van der Waals surface area (Å²) in [5, 5.41) is 7.74. The third-order valence-corrected chi connectivity index (χ3v) is 2.20. The Balaban J connectivity index is 2.36. The van der Waals surface area contributed by atoms with E-state index in [9.17, 15) is 0 Å². The predicted octanol–water partition coefficient (Wildman–Crippen LogP) is 1.18. The molecule has 0 atom stereocenters. The molecule has 1 N–H and O–H groups in total. The van der Waals surface area contributed by atoms with Gasteiger partial charge in [-0.25, -0.2) is 4.68 Å². The topological polar surface area (TPSA) is 39.1 Å². The molecule has 1 aliphatic heterocycles. The van der Waals surface area contributed by atoms with Crippen molar-refractivity contribution in [2.24, 2.45) is 7.05 Å². The second kappa shape index (κ2) is 3.28. The van der Waals surface area contributed by atoms with E-state index in [1.54, 1.807) is 0 Å². The second-order valence-corrected chi connectivity index (χ2v) is 3.28. The minimum Gasteiger partial charge on any atom is -0.474 e. The van der Waals surface area contributed by atoms with Gasteiger partial charge in [0.05, 0.1) is 5.69 Å². The average molecular weight is 181 g/mol. The van der Waals surface area contributed by atoms with Crippen LogP contribution in [-0.2, 0) is 13.5 Å². The van der Waals surface area contributed by atoms with Crippen molar-refractivity contribution in [3.8, 4) is 5.88 Å². The summed E-state index contributed by atoms with van der Waals surface area (Å²) in [7, 11) is 1.92. The molecular formula is C9H15N3O. The SMILES string of the molecule is CCCc1nn(C)c2c1NCCO2. The summed E-state index contributed by atoms with van der Waals surface area (Å²) in [6.07, 6.45) is 2.13. The van der Waals surface area contributed by atoms with E-state index in [2.05, 4.69) is 17.3 Å². The van der Waals surface area contributed by atoms with Gasteiger partial charge in [-0.2, -0.15) is 5.10 Å². The van der Waals surface area contributed by atoms with Gasteiger partial charge in [0.2, 0.25) is 5.88 Å². The molecule has 4 nitrogen and oxygen atoms in total. The van der Waals surface area contributed by atoms with E-state index >= 15 is 0 Å². The smallest absolute Gasteiger partial charge is 0.236 e. The Morgan fingerprint density at radius 1 is 1.62 bits per heavy atom. The first-order valence-electron chi connectivity index (χ1n) is 4.75. The van der Waals surface area contributed by atoms with E-state index in [1.807, 2.05) is 11.7 Å². The van der Waals surface area contributed by atoms with Gasteiger partial charge in [-0.3, -0.25) is 0 Å². The number of nitrogens with zero attached hydrogens (tertiary/aromatic N) is 2. The predicted molar refractivity (Wildman–Crippen MR) is 51.2 cm³/mol. The zero-order chi connectivity index (χ0) is 9.26. The highest BCUT2D eigenvalue weighted by atomic mass is 16.5. The highest BCUT2D eigenvalue weighted by molar-refractivity contribution is 5.58. The van der Waals surface area contributed by atoms with E-state index in [0.29, 0.717) is 0 Å². The van der Waals surface area contributed by atoms with Crippen molar-refractivity contribution in [3.05, 3.63) is 5.69 Å². The van der Waals surface area contributed by atoms with Crippen LogP contribution < -0.4 is 10.1 Å². The number of anilines is 1. The first-order valence-corrected chi connectivity index (χ1v) is 4.75. The Kier molecular flexibility index (Phi) is 2.12. The molecule has 2 heterocycles. The minimum atomic E-state index is 0.734. The first-order chi connectivity index (χ1) is 6.33. The van der Waals surface area contributed by atoms with E-state index in [1.165, 1.54) is 0 Å². The number of hydrogen-bond acceptors (Lipinski definition) is 3. The van der Waals surface area contributed by atoms with Crippen LogP contribution in [-0.4, -0.2) is 22.9 Å².